The third kappa shape index (κ3) is 10.8. The van der Waals surface area contributed by atoms with Gasteiger partial charge in [0.15, 0.2) is 0 Å². The highest BCUT2D eigenvalue weighted by atomic mass is 16.6. The molecule has 194 valence electrons. The van der Waals surface area contributed by atoms with Crippen LogP contribution in [0, 0.1) is 24.0 Å². The van der Waals surface area contributed by atoms with Gasteiger partial charge in [-0.1, -0.05) is 51.5 Å². The summed E-state index contributed by atoms with van der Waals surface area (Å²) in [7, 11) is 0. The van der Waals surface area contributed by atoms with E-state index in [1.807, 2.05) is 26.0 Å². The van der Waals surface area contributed by atoms with Crippen LogP contribution < -0.4 is 4.74 Å². The number of nitrogens with zero attached hydrogens (tertiary/aromatic N) is 3. The van der Waals surface area contributed by atoms with Crippen molar-refractivity contribution in [1.82, 2.24) is 0 Å². The number of hydrogen-bond acceptors (Lipinski definition) is 7. The van der Waals surface area contributed by atoms with Crippen molar-refractivity contribution >= 4 is 23.0 Å². The molecule has 0 heterocycles. The van der Waals surface area contributed by atoms with Gasteiger partial charge in [0.25, 0.3) is 5.69 Å². The van der Waals surface area contributed by atoms with Crippen LogP contribution in [-0.4, -0.2) is 24.1 Å². The number of nitro groups is 1. The predicted octanol–water partition coefficient (Wildman–Crippen LogP) is 8.25. The maximum absolute atomic E-state index is 10.9. The molecule has 0 N–H and O–H groups in total. The van der Waals surface area contributed by atoms with E-state index in [2.05, 4.69) is 16.8 Å². The second kappa shape index (κ2) is 16.2. The molecule has 2 aromatic carbocycles. The first kappa shape index (κ1) is 28.7. The average molecular weight is 496 g/mol. The van der Waals surface area contributed by atoms with Crippen LogP contribution in [0.4, 0.5) is 17.1 Å². The molecule has 2 aromatic rings. The van der Waals surface area contributed by atoms with Crippen molar-refractivity contribution in [3.05, 3.63) is 70.3 Å². The summed E-state index contributed by atoms with van der Waals surface area (Å²) in [6.45, 7) is 8.50. The van der Waals surface area contributed by atoms with Crippen molar-refractivity contribution in [2.45, 2.75) is 71.6 Å². The SMILES string of the molecule is C=CC(=O)OCCCCCCCCCCCOc1cc(C)c(N=Nc2ccc([N+](=O)[O-])cc2)cc1C. The van der Waals surface area contributed by atoms with Crippen LogP contribution in [0.2, 0.25) is 0 Å². The molecule has 0 saturated carbocycles. The van der Waals surface area contributed by atoms with E-state index in [9.17, 15) is 14.9 Å². The largest absolute Gasteiger partial charge is 0.493 e. The molecule has 0 aliphatic carbocycles. The summed E-state index contributed by atoms with van der Waals surface area (Å²) in [5, 5.41) is 19.3. The van der Waals surface area contributed by atoms with Crippen molar-refractivity contribution in [1.29, 1.82) is 0 Å². The highest BCUT2D eigenvalue weighted by Crippen LogP contribution is 2.30. The molecular formula is C28H37N3O5. The Hall–Kier alpha value is -3.55. The van der Waals surface area contributed by atoms with Gasteiger partial charge in [-0.15, -0.1) is 0 Å². The molecular weight excluding hydrogens is 458 g/mol. The third-order valence-electron chi connectivity index (χ3n) is 5.78. The third-order valence-corrected chi connectivity index (χ3v) is 5.78. The summed E-state index contributed by atoms with van der Waals surface area (Å²) in [6.07, 6.45) is 11.5. The van der Waals surface area contributed by atoms with Gasteiger partial charge in [-0.05, 0) is 62.1 Å². The van der Waals surface area contributed by atoms with E-state index in [1.54, 1.807) is 12.1 Å². The summed E-state index contributed by atoms with van der Waals surface area (Å²) >= 11 is 0. The quantitative estimate of drug-likeness (QED) is 0.0549. The van der Waals surface area contributed by atoms with Crippen molar-refractivity contribution < 1.29 is 19.2 Å². The lowest BCUT2D eigenvalue weighted by Gasteiger charge is -2.11. The lowest BCUT2D eigenvalue weighted by atomic mass is 10.1. The fourth-order valence-electron chi connectivity index (χ4n) is 3.65. The molecule has 8 nitrogen and oxygen atoms in total. The molecule has 8 heteroatoms. The van der Waals surface area contributed by atoms with E-state index >= 15 is 0 Å². The Labute approximate surface area is 213 Å². The molecule has 0 radical (unpaired) electrons. The lowest BCUT2D eigenvalue weighted by molar-refractivity contribution is -0.384. The van der Waals surface area contributed by atoms with Crippen LogP contribution in [0.25, 0.3) is 0 Å². The lowest BCUT2D eigenvalue weighted by Crippen LogP contribution is -2.01. The van der Waals surface area contributed by atoms with Gasteiger partial charge in [0.05, 0.1) is 29.5 Å². The number of hydrogen-bond donors (Lipinski definition) is 0. The Morgan fingerprint density at radius 2 is 1.47 bits per heavy atom. The zero-order valence-electron chi connectivity index (χ0n) is 21.4. The zero-order valence-corrected chi connectivity index (χ0v) is 21.4. The van der Waals surface area contributed by atoms with Crippen molar-refractivity contribution in [2.75, 3.05) is 13.2 Å². The van der Waals surface area contributed by atoms with Crippen molar-refractivity contribution in [3.63, 3.8) is 0 Å². The van der Waals surface area contributed by atoms with Gasteiger partial charge in [0.2, 0.25) is 0 Å². The van der Waals surface area contributed by atoms with Gasteiger partial charge in [-0.3, -0.25) is 10.1 Å². The van der Waals surface area contributed by atoms with Crippen LogP contribution in [0.3, 0.4) is 0 Å². The fraction of sp³-hybridized carbons (Fsp3) is 0.464. The minimum absolute atomic E-state index is 0.0277. The number of non-ortho nitro benzene ring substituents is 1. The number of azo groups is 1. The van der Waals surface area contributed by atoms with Crippen LogP contribution in [-0.2, 0) is 9.53 Å². The van der Waals surface area contributed by atoms with Gasteiger partial charge >= 0.3 is 5.97 Å². The van der Waals surface area contributed by atoms with Gasteiger partial charge in [-0.2, -0.15) is 10.2 Å². The molecule has 0 spiro atoms. The molecule has 0 unspecified atom stereocenters. The maximum atomic E-state index is 10.9. The van der Waals surface area contributed by atoms with Crippen molar-refractivity contribution in [3.8, 4) is 5.75 Å². The number of benzene rings is 2. The molecule has 0 aliphatic heterocycles. The minimum Gasteiger partial charge on any atom is -0.493 e. The number of unbranched alkanes of at least 4 members (excludes halogenated alkanes) is 8. The first-order valence-electron chi connectivity index (χ1n) is 12.6. The number of esters is 1. The van der Waals surface area contributed by atoms with Crippen LogP contribution in [0.1, 0.15) is 68.9 Å². The zero-order chi connectivity index (χ0) is 26.2. The first-order valence-corrected chi connectivity index (χ1v) is 12.6. The number of aryl methyl sites for hydroxylation is 2. The Bertz CT molecular complexity index is 1020. The second-order valence-electron chi connectivity index (χ2n) is 8.78. The van der Waals surface area contributed by atoms with E-state index in [1.165, 1.54) is 50.3 Å². The summed E-state index contributed by atoms with van der Waals surface area (Å²) in [5.41, 5.74) is 3.29. The second-order valence-corrected chi connectivity index (χ2v) is 8.78. The monoisotopic (exact) mass is 495 g/mol. The van der Waals surface area contributed by atoms with E-state index < -0.39 is 4.92 Å². The molecule has 0 amide bonds. The Morgan fingerprint density at radius 3 is 2.06 bits per heavy atom. The van der Waals surface area contributed by atoms with Crippen LogP contribution >= 0.6 is 0 Å². The topological polar surface area (TPSA) is 103 Å². The standard InChI is InChI=1S/C28H37N3O5/c1-4-28(32)36-19-13-11-9-7-5-6-8-10-12-18-35-27-21-22(2)26(20-23(27)3)30-29-24-14-16-25(17-15-24)31(33)34/h4,14-17,20-21H,1,5-13,18-19H2,2-3H3. The fourth-order valence-corrected chi connectivity index (χ4v) is 3.65. The number of rotatable bonds is 17. The molecule has 0 bridgehead atoms. The highest BCUT2D eigenvalue weighted by Gasteiger charge is 2.07. The first-order chi connectivity index (χ1) is 17.4. The Kier molecular flexibility index (Phi) is 12.9. The van der Waals surface area contributed by atoms with Gasteiger partial charge in [0.1, 0.15) is 5.75 Å². The average Bonchev–Trinajstić information content (AvgIpc) is 2.87. The van der Waals surface area contributed by atoms with Crippen molar-refractivity contribution in [2.24, 2.45) is 10.2 Å². The van der Waals surface area contributed by atoms with Gasteiger partial charge < -0.3 is 9.47 Å². The maximum Gasteiger partial charge on any atom is 0.330 e. The predicted molar refractivity (Wildman–Crippen MR) is 141 cm³/mol. The van der Waals surface area contributed by atoms with E-state index in [0.717, 1.165) is 48.2 Å². The molecule has 0 fully saturated rings. The normalized spacial score (nSPS) is 10.9. The summed E-state index contributed by atoms with van der Waals surface area (Å²) < 4.78 is 11.0. The highest BCUT2D eigenvalue weighted by molar-refractivity contribution is 5.81. The number of nitro benzene ring substituents is 1. The number of ether oxygens (including phenoxy) is 2. The van der Waals surface area contributed by atoms with E-state index in [0.29, 0.717) is 18.9 Å². The molecule has 2 rings (SSSR count). The Morgan fingerprint density at radius 1 is 0.889 bits per heavy atom. The Balaban J connectivity index is 1.61. The van der Waals surface area contributed by atoms with Gasteiger partial charge in [-0.25, -0.2) is 4.79 Å². The van der Waals surface area contributed by atoms with Crippen LogP contribution in [0.5, 0.6) is 5.75 Å². The van der Waals surface area contributed by atoms with Gasteiger partial charge in [0, 0.05) is 18.2 Å². The van der Waals surface area contributed by atoms with Crippen LogP contribution in [0.15, 0.2) is 59.3 Å². The smallest absolute Gasteiger partial charge is 0.330 e. The number of carbonyl (C=O) groups excluding carboxylic acids is 1. The molecule has 0 aliphatic rings. The summed E-state index contributed by atoms with van der Waals surface area (Å²) in [5.74, 6) is 0.519. The number of carbonyl (C=O) groups is 1. The summed E-state index contributed by atoms with van der Waals surface area (Å²) in [6, 6.07) is 9.92. The molecule has 36 heavy (non-hydrogen) atoms. The summed E-state index contributed by atoms with van der Waals surface area (Å²) in [4.78, 5) is 21.3. The molecule has 0 aromatic heterocycles. The minimum atomic E-state index is -0.439. The van der Waals surface area contributed by atoms with E-state index in [-0.39, 0.29) is 11.7 Å². The van der Waals surface area contributed by atoms with E-state index in [4.69, 9.17) is 9.47 Å². The molecule has 0 saturated heterocycles. The molecule has 0 atom stereocenters.